The number of ether oxygens (including phenoxy) is 2. The van der Waals surface area contributed by atoms with Crippen LogP contribution < -0.4 is 0 Å². The summed E-state index contributed by atoms with van der Waals surface area (Å²) in [5.41, 5.74) is 1.26. The Kier molecular flexibility index (Phi) is 6.42. The number of hydrogen-bond acceptors (Lipinski definition) is 7. The number of benzene rings is 2. The van der Waals surface area contributed by atoms with Crippen LogP contribution in [0.15, 0.2) is 64.5 Å². The molecule has 2 aromatic carbocycles. The second kappa shape index (κ2) is 9.07. The standard InChI is InChI=1S/C22H25NO7S/c24-13-14-12-19(25)20(26)22(30-14)29-11-10-17-16-8-4-5-9-18(16)23-21(17)31(27,28)15-6-2-1-3-7-15/h1-9,14,19-20,22-26H,10-13H2/t14-,19-,20+,22-/m0/s1. The highest BCUT2D eigenvalue weighted by molar-refractivity contribution is 7.91. The first-order chi connectivity index (χ1) is 14.9. The number of sulfone groups is 1. The quantitative estimate of drug-likeness (QED) is 0.431. The molecule has 8 nitrogen and oxygen atoms in total. The van der Waals surface area contributed by atoms with E-state index in [2.05, 4.69) is 4.98 Å². The number of rotatable bonds is 7. The van der Waals surface area contributed by atoms with E-state index in [1.165, 1.54) is 0 Å². The summed E-state index contributed by atoms with van der Waals surface area (Å²) < 4.78 is 37.7. The zero-order valence-corrected chi connectivity index (χ0v) is 17.5. The Labute approximate surface area is 180 Å². The summed E-state index contributed by atoms with van der Waals surface area (Å²) >= 11 is 0. The molecule has 31 heavy (non-hydrogen) atoms. The van der Waals surface area contributed by atoms with Crippen molar-refractivity contribution < 1.29 is 33.2 Å². The zero-order chi connectivity index (χ0) is 22.0. The predicted molar refractivity (Wildman–Crippen MR) is 112 cm³/mol. The summed E-state index contributed by atoms with van der Waals surface area (Å²) in [5.74, 6) is 0. The van der Waals surface area contributed by atoms with Crippen molar-refractivity contribution in [2.24, 2.45) is 0 Å². The molecule has 4 rings (SSSR count). The first-order valence-electron chi connectivity index (χ1n) is 10.1. The van der Waals surface area contributed by atoms with Gasteiger partial charge in [0.2, 0.25) is 9.84 Å². The molecule has 1 aromatic heterocycles. The number of fused-ring (bicyclic) bond motifs is 1. The topological polar surface area (TPSA) is 129 Å². The van der Waals surface area contributed by atoms with Crippen LogP contribution in [0.3, 0.4) is 0 Å². The number of aromatic nitrogens is 1. The number of hydrogen-bond donors (Lipinski definition) is 4. The zero-order valence-electron chi connectivity index (χ0n) is 16.7. The fourth-order valence-electron chi connectivity index (χ4n) is 3.82. The van der Waals surface area contributed by atoms with Crippen LogP contribution in [0.5, 0.6) is 0 Å². The molecular weight excluding hydrogens is 422 g/mol. The minimum absolute atomic E-state index is 0.0474. The lowest BCUT2D eigenvalue weighted by Gasteiger charge is -2.36. The van der Waals surface area contributed by atoms with Gasteiger partial charge < -0.3 is 29.8 Å². The van der Waals surface area contributed by atoms with Crippen LogP contribution in [0.25, 0.3) is 10.9 Å². The maximum absolute atomic E-state index is 13.3. The van der Waals surface area contributed by atoms with Crippen molar-refractivity contribution in [3.63, 3.8) is 0 Å². The fourth-order valence-corrected chi connectivity index (χ4v) is 5.35. The van der Waals surface area contributed by atoms with Crippen molar-refractivity contribution in [2.45, 2.75) is 47.4 Å². The SMILES string of the molecule is O=S(=O)(c1ccccc1)c1[nH]c2ccccc2c1CCO[C@H]1O[C@H](CO)C[C@H](O)[C@H]1O. The Morgan fingerprint density at radius 1 is 1.06 bits per heavy atom. The highest BCUT2D eigenvalue weighted by Crippen LogP contribution is 2.31. The smallest absolute Gasteiger partial charge is 0.222 e. The van der Waals surface area contributed by atoms with Gasteiger partial charge in [-0.25, -0.2) is 8.42 Å². The van der Waals surface area contributed by atoms with Gasteiger partial charge in [0.1, 0.15) is 11.1 Å². The van der Waals surface area contributed by atoms with Crippen molar-refractivity contribution in [3.8, 4) is 0 Å². The first kappa shape index (κ1) is 21.9. The number of nitrogens with one attached hydrogen (secondary N) is 1. The predicted octanol–water partition coefficient (Wildman–Crippen LogP) is 1.39. The molecule has 1 aliphatic heterocycles. The van der Waals surface area contributed by atoms with E-state index in [4.69, 9.17) is 9.47 Å². The molecule has 3 aromatic rings. The van der Waals surface area contributed by atoms with E-state index in [0.717, 1.165) is 5.39 Å². The van der Waals surface area contributed by atoms with Gasteiger partial charge in [-0.05, 0) is 30.2 Å². The number of aliphatic hydroxyl groups is 3. The summed E-state index contributed by atoms with van der Waals surface area (Å²) in [6, 6.07) is 15.5. The normalized spacial score (nSPS) is 24.5. The van der Waals surface area contributed by atoms with Gasteiger partial charge in [-0.3, -0.25) is 0 Å². The number of aromatic amines is 1. The van der Waals surface area contributed by atoms with E-state index in [1.807, 2.05) is 18.2 Å². The molecule has 0 saturated carbocycles. The summed E-state index contributed by atoms with van der Waals surface area (Å²) in [5, 5.41) is 30.2. The van der Waals surface area contributed by atoms with Gasteiger partial charge in [-0.15, -0.1) is 0 Å². The molecule has 0 radical (unpaired) electrons. The molecule has 166 valence electrons. The lowest BCUT2D eigenvalue weighted by atomic mass is 10.0. The van der Waals surface area contributed by atoms with Gasteiger partial charge in [0.25, 0.3) is 0 Å². The molecule has 2 heterocycles. The van der Waals surface area contributed by atoms with Crippen LogP contribution in [0.2, 0.25) is 0 Å². The summed E-state index contributed by atoms with van der Waals surface area (Å²) in [6.45, 7) is -0.253. The maximum Gasteiger partial charge on any atom is 0.222 e. The summed E-state index contributed by atoms with van der Waals surface area (Å²) in [7, 11) is -3.78. The Morgan fingerprint density at radius 3 is 2.52 bits per heavy atom. The fraction of sp³-hybridized carbons (Fsp3) is 0.364. The molecular formula is C22H25NO7S. The van der Waals surface area contributed by atoms with E-state index < -0.39 is 34.4 Å². The van der Waals surface area contributed by atoms with E-state index in [1.54, 1.807) is 36.4 Å². The van der Waals surface area contributed by atoms with E-state index in [9.17, 15) is 23.7 Å². The van der Waals surface area contributed by atoms with E-state index in [0.29, 0.717) is 11.1 Å². The number of para-hydroxylation sites is 1. The van der Waals surface area contributed by atoms with Crippen molar-refractivity contribution >= 4 is 20.7 Å². The Hall–Kier alpha value is -2.27. The monoisotopic (exact) mass is 447 g/mol. The molecule has 1 fully saturated rings. The second-order valence-corrected chi connectivity index (χ2v) is 9.40. The molecule has 9 heteroatoms. The van der Waals surface area contributed by atoms with Crippen LogP contribution in [-0.2, 0) is 25.7 Å². The van der Waals surface area contributed by atoms with E-state index in [-0.39, 0.29) is 36.0 Å². The third-order valence-corrected chi connectivity index (χ3v) is 7.22. The third-order valence-electron chi connectivity index (χ3n) is 5.44. The van der Waals surface area contributed by atoms with Crippen LogP contribution >= 0.6 is 0 Å². The average molecular weight is 448 g/mol. The molecule has 0 amide bonds. The third kappa shape index (κ3) is 4.38. The molecule has 0 unspecified atom stereocenters. The van der Waals surface area contributed by atoms with Crippen LogP contribution in [0.4, 0.5) is 0 Å². The van der Waals surface area contributed by atoms with Gasteiger partial charge in [0.15, 0.2) is 6.29 Å². The Bertz CT molecular complexity index is 1130. The minimum Gasteiger partial charge on any atom is -0.394 e. The van der Waals surface area contributed by atoms with Gasteiger partial charge >= 0.3 is 0 Å². The van der Waals surface area contributed by atoms with Crippen molar-refractivity contribution in [1.29, 1.82) is 0 Å². The summed E-state index contributed by atoms with van der Waals surface area (Å²) in [6.07, 6.45) is -3.72. The lowest BCUT2D eigenvalue weighted by Crippen LogP contribution is -2.50. The molecule has 0 aliphatic carbocycles. The Morgan fingerprint density at radius 2 is 1.77 bits per heavy atom. The molecule has 4 N–H and O–H groups in total. The van der Waals surface area contributed by atoms with Crippen LogP contribution in [-0.4, -0.2) is 66.5 Å². The number of H-pyrrole nitrogens is 1. The average Bonchev–Trinajstić information content (AvgIpc) is 3.16. The highest BCUT2D eigenvalue weighted by Gasteiger charge is 2.37. The van der Waals surface area contributed by atoms with E-state index >= 15 is 0 Å². The molecule has 4 atom stereocenters. The molecule has 1 aliphatic rings. The maximum atomic E-state index is 13.3. The molecule has 0 bridgehead atoms. The van der Waals surface area contributed by atoms with Crippen molar-refractivity contribution in [2.75, 3.05) is 13.2 Å². The number of aliphatic hydroxyl groups excluding tert-OH is 3. The van der Waals surface area contributed by atoms with Crippen molar-refractivity contribution in [1.82, 2.24) is 4.98 Å². The first-order valence-corrected chi connectivity index (χ1v) is 11.5. The largest absolute Gasteiger partial charge is 0.394 e. The van der Waals surface area contributed by atoms with Crippen LogP contribution in [0, 0.1) is 0 Å². The van der Waals surface area contributed by atoms with Crippen molar-refractivity contribution in [3.05, 3.63) is 60.2 Å². The van der Waals surface area contributed by atoms with Gasteiger partial charge in [0, 0.05) is 17.3 Å². The van der Waals surface area contributed by atoms with Gasteiger partial charge in [0.05, 0.1) is 30.3 Å². The minimum atomic E-state index is -3.78. The second-order valence-electron chi connectivity index (χ2n) is 7.52. The molecule has 1 saturated heterocycles. The summed E-state index contributed by atoms with van der Waals surface area (Å²) in [4.78, 5) is 3.21. The lowest BCUT2D eigenvalue weighted by molar-refractivity contribution is -0.270. The van der Waals surface area contributed by atoms with Gasteiger partial charge in [-0.2, -0.15) is 0 Å². The Balaban J connectivity index is 1.60. The van der Waals surface area contributed by atoms with Crippen LogP contribution in [0.1, 0.15) is 12.0 Å². The molecule has 0 spiro atoms. The van der Waals surface area contributed by atoms with Gasteiger partial charge in [-0.1, -0.05) is 36.4 Å². The highest BCUT2D eigenvalue weighted by atomic mass is 32.2.